The molecule has 9 heterocycles. The standard InChI is InChI=1S/C11H6BrFN4O.C11H9BrFN3O.C10H5BrF2N2O.C10H7BrFN3O.C7H16O3.H2N2.H2/c12-10-2-9(5-17-6-15-16-11(10)17)18-8-1-7(13)3-14-4-8;12-10-2-9(6-16-11(10)3-14)17-8-1-7(13)4-15-5-8;2*11-9-2-8(5-15-10(9)13)16-7-1-6(12)3-14-4-7;1-4-8-7(9-5-2)10-6-3;1-2;/h1-6H;1-2,4-6H,3,14H2;1-5H;1-5H,(H2,13,15);7H,4-6H2,1-3H3;1-2H;1H. The van der Waals surface area contributed by atoms with Gasteiger partial charge >= 0.3 is 0 Å². The Balaban J connectivity index is 0.000000263. The van der Waals surface area contributed by atoms with Gasteiger partial charge in [-0.15, -0.1) is 10.2 Å². The van der Waals surface area contributed by atoms with E-state index in [1.165, 1.54) is 73.7 Å². The minimum absolute atomic E-state index is 0. The Morgan fingerprint density at radius 3 is 1.28 bits per heavy atom. The summed E-state index contributed by atoms with van der Waals surface area (Å²) >= 11 is 12.9. The van der Waals surface area contributed by atoms with Crippen LogP contribution in [0.25, 0.3) is 5.65 Å². The molecule has 30 heteroatoms. The third kappa shape index (κ3) is 22.9. The average Bonchev–Trinajstić information content (AvgIpc) is 3.92. The third-order valence-electron chi connectivity index (χ3n) is 8.59. The molecule has 9 aromatic rings. The lowest BCUT2D eigenvalue weighted by atomic mass is 10.3. The molecule has 0 aliphatic carbocycles. The lowest BCUT2D eigenvalue weighted by molar-refractivity contribution is -0.282. The molecule has 0 aromatic carbocycles. The van der Waals surface area contributed by atoms with Crippen LogP contribution in [0.1, 0.15) is 27.9 Å². The van der Waals surface area contributed by atoms with Crippen LogP contribution in [-0.2, 0) is 20.8 Å². The summed E-state index contributed by atoms with van der Waals surface area (Å²) in [5, 5.41) is 7.70. The molecule has 9 aromatic heterocycles. The molecule has 0 amide bonds. The van der Waals surface area contributed by atoms with Crippen LogP contribution in [-0.4, -0.2) is 75.8 Å². The van der Waals surface area contributed by atoms with Crippen LogP contribution in [0.5, 0.6) is 46.0 Å². The van der Waals surface area contributed by atoms with Gasteiger partial charge in [0.05, 0.1) is 93.5 Å². The maximum Gasteiger partial charge on any atom is 0.271 e. The number of halogens is 9. The molecule has 0 saturated heterocycles. The largest absolute Gasteiger partial charge is 0.454 e. The van der Waals surface area contributed by atoms with Gasteiger partial charge in [0.2, 0.25) is 5.95 Å². The van der Waals surface area contributed by atoms with Gasteiger partial charge in [0.25, 0.3) is 6.48 Å². The molecule has 0 atom stereocenters. The molecule has 0 aliphatic rings. The normalized spacial score (nSPS) is 10.2. The highest BCUT2D eigenvalue weighted by molar-refractivity contribution is 9.11. The summed E-state index contributed by atoms with van der Waals surface area (Å²) < 4.78 is 105. The zero-order chi connectivity index (χ0) is 57.7. The number of pyridine rings is 8. The van der Waals surface area contributed by atoms with E-state index >= 15 is 0 Å². The van der Waals surface area contributed by atoms with E-state index in [-0.39, 0.29) is 11.6 Å². The molecule has 0 aliphatic heterocycles. The number of ether oxygens (including phenoxy) is 7. The minimum Gasteiger partial charge on any atom is -0.454 e. The number of nitrogen functional groups attached to an aromatic ring is 1. The van der Waals surface area contributed by atoms with E-state index < -0.39 is 35.7 Å². The first-order valence-electron chi connectivity index (χ1n) is 22.3. The molecular weight excluding hydrogens is 1310 g/mol. The third-order valence-corrected chi connectivity index (χ3v) is 11.1. The van der Waals surface area contributed by atoms with Crippen molar-refractivity contribution in [2.75, 3.05) is 25.6 Å². The van der Waals surface area contributed by atoms with Crippen LogP contribution < -0.4 is 30.4 Å². The monoisotopic (exact) mass is 1350 g/mol. The smallest absolute Gasteiger partial charge is 0.271 e. The van der Waals surface area contributed by atoms with Crippen molar-refractivity contribution in [3.63, 3.8) is 0 Å². The maximum absolute atomic E-state index is 13.0. The van der Waals surface area contributed by atoms with Gasteiger partial charge in [-0.2, -0.15) is 4.39 Å². The van der Waals surface area contributed by atoms with Crippen molar-refractivity contribution in [3.05, 3.63) is 182 Å². The first kappa shape index (κ1) is 64.2. The first-order valence-corrected chi connectivity index (χ1v) is 25.5. The Bertz CT molecular complexity index is 3210. The van der Waals surface area contributed by atoms with Gasteiger partial charge in [-0.25, -0.2) is 38.6 Å². The van der Waals surface area contributed by atoms with E-state index in [0.29, 0.717) is 82.5 Å². The summed E-state index contributed by atoms with van der Waals surface area (Å²) in [6.45, 7) is 7.43. The fourth-order valence-electron chi connectivity index (χ4n) is 5.42. The van der Waals surface area contributed by atoms with Crippen LogP contribution in [0, 0.1) is 40.3 Å². The molecule has 0 radical (unpaired) electrons. The number of aromatic nitrogens is 10. The van der Waals surface area contributed by atoms with E-state index in [9.17, 15) is 22.0 Å². The van der Waals surface area contributed by atoms with Crippen molar-refractivity contribution in [1.82, 2.24) is 49.5 Å². The van der Waals surface area contributed by atoms with Crippen molar-refractivity contribution < 1.29 is 56.5 Å². The van der Waals surface area contributed by atoms with E-state index in [1.54, 1.807) is 35.1 Å². The number of hydrogen-bond acceptors (Lipinski definition) is 20. The van der Waals surface area contributed by atoms with Gasteiger partial charge in [-0.05, 0) is 90.6 Å². The number of rotatable bonds is 15. The van der Waals surface area contributed by atoms with Gasteiger partial charge < -0.3 is 44.6 Å². The summed E-state index contributed by atoms with van der Waals surface area (Å²) in [6, 6.07) is 11.4. The van der Waals surface area contributed by atoms with Gasteiger partial charge in [-0.3, -0.25) is 29.3 Å². The number of nitrogens with zero attached hydrogens (tertiary/aromatic N) is 10. The number of anilines is 1. The molecule has 0 bridgehead atoms. The molecule has 0 unspecified atom stereocenters. The molecule has 0 fully saturated rings. The second kappa shape index (κ2) is 34.5. The maximum atomic E-state index is 13.0. The van der Waals surface area contributed by atoms with Crippen LogP contribution in [0.15, 0.2) is 147 Å². The number of nitrogens with one attached hydrogen (secondary N) is 2. The van der Waals surface area contributed by atoms with Crippen molar-refractivity contribution in [1.29, 1.82) is 11.1 Å². The van der Waals surface area contributed by atoms with Crippen LogP contribution in [0.2, 0.25) is 0 Å². The lowest BCUT2D eigenvalue weighted by Gasteiger charge is -2.15. The molecule has 79 heavy (non-hydrogen) atoms. The SMILES string of the molecule is CCOC(OCC)OCC.Fc1cncc(Oc2cc(Br)c3nncn3c2)c1.Fc1cncc(Oc2cnc(F)c(Br)c2)c1.N=N.NCc1ncc(Oc2cncc(F)c2)cc1Br.Nc1ncc(Oc2cncc(F)c2)cc1Br.[HH]. The Morgan fingerprint density at radius 1 is 0.506 bits per heavy atom. The summed E-state index contributed by atoms with van der Waals surface area (Å²) in [6.07, 6.45) is 17.4. The highest BCUT2D eigenvalue weighted by Gasteiger charge is 2.10. The molecular formula is C49H47Br4F5N14O7. The zero-order valence-electron chi connectivity index (χ0n) is 41.4. The number of nitrogens with two attached hydrogens (primary N) is 2. The molecule has 418 valence electrons. The average molecular weight is 1360 g/mol. The van der Waals surface area contributed by atoms with Crippen LogP contribution in [0.4, 0.5) is 27.8 Å². The Hall–Kier alpha value is -7.32. The van der Waals surface area contributed by atoms with E-state index in [2.05, 4.69) is 109 Å². The fourth-order valence-corrected chi connectivity index (χ4v) is 7.07. The summed E-state index contributed by atoms with van der Waals surface area (Å²) in [7, 11) is 0. The quantitative estimate of drug-likeness (QED) is 0.0321. The van der Waals surface area contributed by atoms with E-state index in [0.717, 1.165) is 39.4 Å². The van der Waals surface area contributed by atoms with Gasteiger partial charge in [0, 0.05) is 74.7 Å². The first-order chi connectivity index (χ1) is 38.0. The Morgan fingerprint density at radius 2 is 0.886 bits per heavy atom. The highest BCUT2D eigenvalue weighted by atomic mass is 79.9. The van der Waals surface area contributed by atoms with E-state index in [1.807, 2.05) is 20.8 Å². The molecule has 9 rings (SSSR count). The molecule has 0 saturated carbocycles. The van der Waals surface area contributed by atoms with Crippen molar-refractivity contribution in [2.45, 2.75) is 33.8 Å². The molecule has 6 N–H and O–H groups in total. The Labute approximate surface area is 482 Å². The Kier molecular flexibility index (Phi) is 28.1. The summed E-state index contributed by atoms with van der Waals surface area (Å²) in [5.74, 6) is 0.801. The van der Waals surface area contributed by atoms with Gasteiger partial charge in [0.1, 0.15) is 81.4 Å². The van der Waals surface area contributed by atoms with Crippen molar-refractivity contribution >= 4 is 75.2 Å². The number of fused-ring (bicyclic) bond motifs is 1. The predicted molar refractivity (Wildman–Crippen MR) is 292 cm³/mol. The molecule has 0 spiro atoms. The zero-order valence-corrected chi connectivity index (χ0v) is 47.8. The van der Waals surface area contributed by atoms with Crippen molar-refractivity contribution in [3.8, 4) is 46.0 Å². The highest BCUT2D eigenvalue weighted by Crippen LogP contribution is 2.29. The minimum atomic E-state index is -0.635. The summed E-state index contributed by atoms with van der Waals surface area (Å²) in [4.78, 5) is 26.1. The number of hydrogen-bond donors (Lipinski definition) is 4. The van der Waals surface area contributed by atoms with Gasteiger partial charge in [-0.1, -0.05) is 0 Å². The fraction of sp³-hybridized carbons (Fsp3) is 0.163. The topological polar surface area (TPSA) is 285 Å². The predicted octanol–water partition coefficient (Wildman–Crippen LogP) is 13.7. The van der Waals surface area contributed by atoms with E-state index in [4.69, 9.17) is 55.7 Å². The summed E-state index contributed by atoms with van der Waals surface area (Å²) in [5.41, 5.74) is 22.4. The van der Waals surface area contributed by atoms with Gasteiger partial charge in [0.15, 0.2) is 5.65 Å². The lowest BCUT2D eigenvalue weighted by Crippen LogP contribution is -2.20. The van der Waals surface area contributed by atoms with Crippen LogP contribution in [0.3, 0.4) is 0 Å². The second-order valence-corrected chi connectivity index (χ2v) is 17.7. The second-order valence-electron chi connectivity index (χ2n) is 14.3. The molecule has 21 nitrogen and oxygen atoms in total. The van der Waals surface area contributed by atoms with Crippen molar-refractivity contribution in [2.24, 2.45) is 5.73 Å². The van der Waals surface area contributed by atoms with Crippen LogP contribution >= 0.6 is 63.7 Å².